The number of hydrogen-bond donors (Lipinski definition) is 1. The fraction of sp³-hybridized carbons (Fsp3) is 1.00. The number of hydrogen-bond acceptors (Lipinski definition) is 3. The Morgan fingerprint density at radius 2 is 1.63 bits per heavy atom. The largest absolute Gasteiger partial charge is 0.317 e. The molecule has 0 radical (unpaired) electrons. The molecule has 19 heavy (non-hydrogen) atoms. The van der Waals surface area contributed by atoms with E-state index in [1.807, 2.05) is 20.8 Å². The first-order chi connectivity index (χ1) is 8.57. The molecule has 7 heteroatoms. The van der Waals surface area contributed by atoms with Crippen LogP contribution in [0.1, 0.15) is 40.0 Å². The highest BCUT2D eigenvalue weighted by Gasteiger charge is 2.33. The number of nitrogens with zero attached hydrogens (tertiary/aromatic N) is 2. The van der Waals surface area contributed by atoms with E-state index < -0.39 is 10.2 Å². The van der Waals surface area contributed by atoms with Crippen LogP contribution in [-0.2, 0) is 10.2 Å². The number of piperidine rings is 1. The lowest BCUT2D eigenvalue weighted by atomic mass is 10.1. The Morgan fingerprint density at radius 1 is 1.11 bits per heavy atom. The van der Waals surface area contributed by atoms with Gasteiger partial charge in [0.25, 0.3) is 10.2 Å². The highest BCUT2D eigenvalue weighted by molar-refractivity contribution is 7.86. The Hall–Kier alpha value is 0.120. The molecule has 0 aliphatic carbocycles. The first kappa shape index (κ1) is 19.1. The van der Waals surface area contributed by atoms with Gasteiger partial charge in [0.1, 0.15) is 0 Å². The number of rotatable bonds is 7. The van der Waals surface area contributed by atoms with Gasteiger partial charge in [-0.25, -0.2) is 0 Å². The molecule has 1 saturated heterocycles. The van der Waals surface area contributed by atoms with Crippen molar-refractivity contribution in [1.29, 1.82) is 0 Å². The van der Waals surface area contributed by atoms with Crippen molar-refractivity contribution in [2.24, 2.45) is 0 Å². The van der Waals surface area contributed by atoms with E-state index in [-0.39, 0.29) is 18.4 Å². The second kappa shape index (κ2) is 9.13. The van der Waals surface area contributed by atoms with Gasteiger partial charge in [0.2, 0.25) is 0 Å². The van der Waals surface area contributed by atoms with Gasteiger partial charge in [-0.1, -0.05) is 20.8 Å². The molecule has 0 spiro atoms. The summed E-state index contributed by atoms with van der Waals surface area (Å²) in [7, 11) is -3.29. The lowest BCUT2D eigenvalue weighted by Gasteiger charge is -2.36. The summed E-state index contributed by atoms with van der Waals surface area (Å²) in [6, 6.07) is 0.164. The van der Waals surface area contributed by atoms with Crippen LogP contribution in [0.25, 0.3) is 0 Å². The maximum absolute atomic E-state index is 12.6. The first-order valence-corrected chi connectivity index (χ1v) is 8.45. The van der Waals surface area contributed by atoms with E-state index in [1.54, 1.807) is 8.61 Å². The third kappa shape index (κ3) is 4.86. The van der Waals surface area contributed by atoms with E-state index in [0.29, 0.717) is 19.6 Å². The normalized spacial score (nSPS) is 17.7. The molecule has 0 aromatic rings. The average Bonchev–Trinajstić information content (AvgIpc) is 2.38. The number of nitrogens with one attached hydrogen (secondary N) is 1. The van der Waals surface area contributed by atoms with Crippen molar-refractivity contribution in [1.82, 2.24) is 13.9 Å². The minimum Gasteiger partial charge on any atom is -0.317 e. The first-order valence-electron chi connectivity index (χ1n) is 7.05. The third-order valence-electron chi connectivity index (χ3n) is 3.49. The van der Waals surface area contributed by atoms with Gasteiger partial charge in [0.05, 0.1) is 0 Å². The molecule has 116 valence electrons. The van der Waals surface area contributed by atoms with Crippen molar-refractivity contribution in [3.63, 3.8) is 0 Å². The predicted octanol–water partition coefficient (Wildman–Crippen LogP) is 1.46. The van der Waals surface area contributed by atoms with Crippen molar-refractivity contribution >= 4 is 22.6 Å². The number of halogens is 1. The van der Waals surface area contributed by atoms with Crippen LogP contribution in [0, 0.1) is 0 Å². The van der Waals surface area contributed by atoms with Crippen LogP contribution >= 0.6 is 12.4 Å². The van der Waals surface area contributed by atoms with Crippen LogP contribution in [0.4, 0.5) is 0 Å². The van der Waals surface area contributed by atoms with E-state index in [4.69, 9.17) is 0 Å². The van der Waals surface area contributed by atoms with E-state index in [2.05, 4.69) is 5.32 Å². The van der Waals surface area contributed by atoms with Gasteiger partial charge < -0.3 is 5.32 Å². The van der Waals surface area contributed by atoms with Gasteiger partial charge >= 0.3 is 0 Å². The van der Waals surface area contributed by atoms with Crippen LogP contribution in [0.3, 0.4) is 0 Å². The maximum atomic E-state index is 12.6. The summed E-state index contributed by atoms with van der Waals surface area (Å²) in [6.45, 7) is 9.38. The SMILES string of the molecule is CCCN(C1CCNCC1)S(=O)(=O)N(CC)CC.Cl. The molecule has 0 saturated carbocycles. The lowest BCUT2D eigenvalue weighted by Crippen LogP contribution is -2.51. The maximum Gasteiger partial charge on any atom is 0.282 e. The molecule has 1 N–H and O–H groups in total. The van der Waals surface area contributed by atoms with Crippen LogP contribution in [0.15, 0.2) is 0 Å². The monoisotopic (exact) mass is 313 g/mol. The molecule has 1 heterocycles. The second-order valence-corrected chi connectivity index (χ2v) is 6.57. The molecule has 1 fully saturated rings. The third-order valence-corrected chi connectivity index (χ3v) is 5.73. The van der Waals surface area contributed by atoms with Gasteiger partial charge in [0.15, 0.2) is 0 Å². The van der Waals surface area contributed by atoms with Crippen molar-refractivity contribution in [2.45, 2.75) is 46.1 Å². The van der Waals surface area contributed by atoms with Crippen LogP contribution < -0.4 is 5.32 Å². The predicted molar refractivity (Wildman–Crippen MR) is 82.0 cm³/mol. The van der Waals surface area contributed by atoms with Crippen LogP contribution in [-0.4, -0.2) is 55.8 Å². The Bertz CT molecular complexity index is 328. The Labute approximate surface area is 124 Å². The fourth-order valence-corrected chi connectivity index (χ4v) is 4.45. The summed E-state index contributed by atoms with van der Waals surface area (Å²) in [4.78, 5) is 0. The standard InChI is InChI=1S/C12H27N3O2S.ClH/c1-4-11-15(12-7-9-13-10-8-12)18(16,17)14(5-2)6-3;/h12-13H,4-11H2,1-3H3;1H. The van der Waals surface area contributed by atoms with E-state index in [9.17, 15) is 8.42 Å². The molecule has 5 nitrogen and oxygen atoms in total. The Balaban J connectivity index is 0.00000324. The van der Waals surface area contributed by atoms with Gasteiger partial charge in [0, 0.05) is 25.7 Å². The van der Waals surface area contributed by atoms with Gasteiger partial charge in [-0.2, -0.15) is 17.0 Å². The molecular weight excluding hydrogens is 286 g/mol. The van der Waals surface area contributed by atoms with Crippen molar-refractivity contribution in [2.75, 3.05) is 32.7 Å². The van der Waals surface area contributed by atoms with Gasteiger partial charge in [-0.3, -0.25) is 0 Å². The summed E-state index contributed by atoms with van der Waals surface area (Å²) in [5, 5.41) is 3.29. The summed E-state index contributed by atoms with van der Waals surface area (Å²) in [6.07, 6.45) is 2.70. The summed E-state index contributed by atoms with van der Waals surface area (Å²) < 4.78 is 28.5. The molecule has 1 aliphatic rings. The minimum absolute atomic E-state index is 0. The average molecular weight is 314 g/mol. The molecule has 1 rings (SSSR count). The highest BCUT2D eigenvalue weighted by atomic mass is 35.5. The molecule has 0 unspecified atom stereocenters. The zero-order chi connectivity index (χ0) is 13.6. The van der Waals surface area contributed by atoms with E-state index in [1.165, 1.54) is 0 Å². The molecule has 0 aromatic carbocycles. The zero-order valence-corrected chi connectivity index (χ0v) is 13.9. The van der Waals surface area contributed by atoms with Gasteiger partial charge in [-0.05, 0) is 32.4 Å². The van der Waals surface area contributed by atoms with Crippen molar-refractivity contribution in [3.8, 4) is 0 Å². The van der Waals surface area contributed by atoms with Gasteiger partial charge in [-0.15, -0.1) is 12.4 Å². The Morgan fingerprint density at radius 3 is 2.05 bits per heavy atom. The lowest BCUT2D eigenvalue weighted by molar-refractivity contribution is 0.243. The fourth-order valence-electron chi connectivity index (χ4n) is 2.50. The summed E-state index contributed by atoms with van der Waals surface area (Å²) >= 11 is 0. The van der Waals surface area contributed by atoms with Crippen LogP contribution in [0.5, 0.6) is 0 Å². The van der Waals surface area contributed by atoms with Crippen LogP contribution in [0.2, 0.25) is 0 Å². The molecular formula is C12H28ClN3O2S. The Kier molecular flexibility index (Phi) is 9.19. The van der Waals surface area contributed by atoms with E-state index >= 15 is 0 Å². The summed E-state index contributed by atoms with van der Waals surface area (Å²) in [5.74, 6) is 0. The second-order valence-electron chi connectivity index (χ2n) is 4.68. The summed E-state index contributed by atoms with van der Waals surface area (Å²) in [5.41, 5.74) is 0. The molecule has 0 aromatic heterocycles. The molecule has 0 amide bonds. The van der Waals surface area contributed by atoms with E-state index in [0.717, 1.165) is 32.4 Å². The quantitative estimate of drug-likeness (QED) is 0.774. The minimum atomic E-state index is -3.29. The topological polar surface area (TPSA) is 52.7 Å². The highest BCUT2D eigenvalue weighted by Crippen LogP contribution is 2.19. The smallest absolute Gasteiger partial charge is 0.282 e. The molecule has 0 atom stereocenters. The van der Waals surface area contributed by atoms with Crippen molar-refractivity contribution in [3.05, 3.63) is 0 Å². The zero-order valence-electron chi connectivity index (χ0n) is 12.3. The van der Waals surface area contributed by atoms with Crippen molar-refractivity contribution < 1.29 is 8.42 Å². The molecule has 1 aliphatic heterocycles. The molecule has 0 bridgehead atoms.